The summed E-state index contributed by atoms with van der Waals surface area (Å²) in [5.74, 6) is -0.281. The van der Waals surface area contributed by atoms with Crippen molar-refractivity contribution in [3.63, 3.8) is 0 Å². The van der Waals surface area contributed by atoms with Gasteiger partial charge in [0.25, 0.3) is 0 Å². The van der Waals surface area contributed by atoms with E-state index >= 15 is 0 Å². The molecule has 0 fully saturated rings. The average molecular weight is 339 g/mol. The van der Waals surface area contributed by atoms with Crippen molar-refractivity contribution in [3.8, 4) is 11.5 Å². The molecule has 0 unspecified atom stereocenters. The Morgan fingerprint density at radius 3 is 2.16 bits per heavy atom. The summed E-state index contributed by atoms with van der Waals surface area (Å²) in [7, 11) is 0. The van der Waals surface area contributed by atoms with E-state index in [9.17, 15) is 14.7 Å². The van der Waals surface area contributed by atoms with E-state index in [2.05, 4.69) is 0 Å². The van der Waals surface area contributed by atoms with Crippen LogP contribution in [0.5, 0.6) is 11.5 Å². The molecule has 0 aromatic heterocycles. The second-order valence-electron chi connectivity index (χ2n) is 5.30. The maximum atomic E-state index is 12.1. The van der Waals surface area contributed by atoms with E-state index in [1.807, 2.05) is 31.2 Å². The lowest BCUT2D eigenvalue weighted by atomic mass is 10.1. The molecular weight excluding hydrogens is 320 g/mol. The average Bonchev–Trinajstić information content (AvgIpc) is 2.64. The first-order valence-electron chi connectivity index (χ1n) is 7.96. The van der Waals surface area contributed by atoms with Crippen LogP contribution in [0.2, 0.25) is 0 Å². The van der Waals surface area contributed by atoms with Gasteiger partial charge >= 0.3 is 0 Å². The second-order valence-corrected chi connectivity index (χ2v) is 5.30. The number of hydrogen-bond donors (Lipinski definition) is 0. The lowest BCUT2D eigenvalue weighted by molar-refractivity contribution is -0.307. The highest BCUT2D eigenvalue weighted by Gasteiger charge is 2.02. The Morgan fingerprint density at radius 2 is 1.56 bits per heavy atom. The Bertz CT molecular complexity index is 730. The summed E-state index contributed by atoms with van der Waals surface area (Å²) in [5.41, 5.74) is 1.38. The maximum Gasteiger partial charge on any atom is 0.185 e. The van der Waals surface area contributed by atoms with E-state index in [1.165, 1.54) is 6.08 Å². The summed E-state index contributed by atoms with van der Waals surface area (Å²) < 4.78 is 10.5. The Balaban J connectivity index is 1.94. The minimum absolute atomic E-state index is 0.155. The molecule has 0 aliphatic rings. The number of carbonyl (C=O) groups is 2. The topological polar surface area (TPSA) is 75.7 Å². The van der Waals surface area contributed by atoms with Crippen LogP contribution in [0, 0.1) is 0 Å². The van der Waals surface area contributed by atoms with Gasteiger partial charge in [-0.05, 0) is 54.5 Å². The number of benzene rings is 2. The maximum absolute atomic E-state index is 12.1. The number of aliphatic carboxylic acids is 1. The number of allylic oxidation sites excluding steroid dienone is 1. The van der Waals surface area contributed by atoms with Crippen LogP contribution in [-0.2, 0) is 4.79 Å². The van der Waals surface area contributed by atoms with Gasteiger partial charge in [0.15, 0.2) is 5.78 Å². The minimum atomic E-state index is -1.30. The third kappa shape index (κ3) is 6.14. The third-order valence-corrected chi connectivity index (χ3v) is 3.28. The lowest BCUT2D eigenvalue weighted by Crippen LogP contribution is -2.28. The van der Waals surface area contributed by atoms with Gasteiger partial charge in [-0.1, -0.05) is 25.1 Å². The highest BCUT2D eigenvalue weighted by atomic mass is 16.5. The van der Waals surface area contributed by atoms with Crippen LogP contribution in [-0.4, -0.2) is 25.0 Å². The van der Waals surface area contributed by atoms with Gasteiger partial charge in [-0.3, -0.25) is 4.79 Å². The first-order chi connectivity index (χ1) is 12.1. The first kappa shape index (κ1) is 18.3. The van der Waals surface area contributed by atoms with Crippen LogP contribution in [0.1, 0.15) is 29.3 Å². The van der Waals surface area contributed by atoms with Gasteiger partial charge < -0.3 is 19.4 Å². The standard InChI is InChI=1S/C20H20O5/c1-2-13-24-17-8-3-15(4-9-17)5-12-19(21)16-6-10-18(11-7-16)25-14-20(22)23/h3-12H,2,13-14H2,1H3,(H,22,23)/p-1/b12-5+. The zero-order valence-electron chi connectivity index (χ0n) is 13.9. The summed E-state index contributed by atoms with van der Waals surface area (Å²) in [6.07, 6.45) is 4.17. The monoisotopic (exact) mass is 339 g/mol. The summed E-state index contributed by atoms with van der Waals surface area (Å²) in [4.78, 5) is 22.5. The highest BCUT2D eigenvalue weighted by molar-refractivity contribution is 6.06. The number of hydrogen-bond acceptors (Lipinski definition) is 5. The SMILES string of the molecule is CCCOc1ccc(/C=C/C(=O)c2ccc(OCC(=O)[O-])cc2)cc1. The van der Waals surface area contributed by atoms with Gasteiger partial charge in [-0.2, -0.15) is 0 Å². The third-order valence-electron chi connectivity index (χ3n) is 3.28. The van der Waals surface area contributed by atoms with Crippen molar-refractivity contribution in [3.05, 3.63) is 65.7 Å². The normalized spacial score (nSPS) is 10.6. The number of carboxylic acids is 1. The fourth-order valence-electron chi connectivity index (χ4n) is 2.02. The summed E-state index contributed by atoms with van der Waals surface area (Å²) >= 11 is 0. The number of ether oxygens (including phenoxy) is 2. The molecule has 2 aromatic rings. The lowest BCUT2D eigenvalue weighted by Gasteiger charge is -2.06. The van der Waals surface area contributed by atoms with Crippen molar-refractivity contribution in [2.75, 3.05) is 13.2 Å². The molecule has 25 heavy (non-hydrogen) atoms. The van der Waals surface area contributed by atoms with E-state index in [0.29, 0.717) is 17.9 Å². The van der Waals surface area contributed by atoms with Crippen LogP contribution in [0.15, 0.2) is 54.6 Å². The molecule has 0 bridgehead atoms. The molecule has 0 aliphatic heterocycles. The van der Waals surface area contributed by atoms with Crippen LogP contribution in [0.4, 0.5) is 0 Å². The van der Waals surface area contributed by atoms with Crippen molar-refractivity contribution in [1.82, 2.24) is 0 Å². The van der Waals surface area contributed by atoms with Crippen LogP contribution in [0.25, 0.3) is 6.08 Å². The zero-order chi connectivity index (χ0) is 18.1. The van der Waals surface area contributed by atoms with Gasteiger partial charge in [0, 0.05) is 5.56 Å². The Morgan fingerprint density at radius 1 is 0.960 bits per heavy atom. The van der Waals surface area contributed by atoms with E-state index in [-0.39, 0.29) is 5.78 Å². The molecule has 0 amide bonds. The number of ketones is 1. The quantitative estimate of drug-likeness (QED) is 0.518. The van der Waals surface area contributed by atoms with Crippen molar-refractivity contribution in [2.45, 2.75) is 13.3 Å². The number of carboxylic acid groups (broad SMARTS) is 1. The number of rotatable bonds is 9. The van der Waals surface area contributed by atoms with Gasteiger partial charge in [0.05, 0.1) is 12.6 Å². The molecule has 0 aliphatic carbocycles. The minimum Gasteiger partial charge on any atom is -0.546 e. The van der Waals surface area contributed by atoms with Crippen molar-refractivity contribution < 1.29 is 24.2 Å². The molecule has 130 valence electrons. The summed E-state index contributed by atoms with van der Waals surface area (Å²) in [6.45, 7) is 2.20. The Kier molecular flexibility index (Phi) is 6.77. The van der Waals surface area contributed by atoms with Gasteiger partial charge in [-0.25, -0.2) is 0 Å². The molecule has 0 saturated carbocycles. The first-order valence-corrected chi connectivity index (χ1v) is 7.96. The molecule has 0 saturated heterocycles. The molecule has 0 radical (unpaired) electrons. The van der Waals surface area contributed by atoms with Gasteiger partial charge in [0.1, 0.15) is 18.1 Å². The van der Waals surface area contributed by atoms with Crippen LogP contribution < -0.4 is 14.6 Å². The summed E-state index contributed by atoms with van der Waals surface area (Å²) in [6, 6.07) is 13.7. The molecule has 2 aromatic carbocycles. The molecule has 0 heterocycles. The smallest absolute Gasteiger partial charge is 0.185 e. The number of carbonyl (C=O) groups excluding carboxylic acids is 2. The Labute approximate surface area is 146 Å². The largest absolute Gasteiger partial charge is 0.546 e. The van der Waals surface area contributed by atoms with Gasteiger partial charge in [-0.15, -0.1) is 0 Å². The van der Waals surface area contributed by atoms with E-state index in [4.69, 9.17) is 9.47 Å². The molecule has 2 rings (SSSR count). The van der Waals surface area contributed by atoms with E-state index in [1.54, 1.807) is 30.3 Å². The molecular formula is C20H19O5-. The fourth-order valence-corrected chi connectivity index (χ4v) is 2.02. The van der Waals surface area contributed by atoms with Crippen molar-refractivity contribution >= 4 is 17.8 Å². The highest BCUT2D eigenvalue weighted by Crippen LogP contribution is 2.15. The molecule has 0 spiro atoms. The van der Waals surface area contributed by atoms with Crippen LogP contribution >= 0.6 is 0 Å². The molecule has 5 nitrogen and oxygen atoms in total. The van der Waals surface area contributed by atoms with Crippen molar-refractivity contribution in [1.29, 1.82) is 0 Å². The van der Waals surface area contributed by atoms with Crippen molar-refractivity contribution in [2.24, 2.45) is 0 Å². The zero-order valence-corrected chi connectivity index (χ0v) is 13.9. The predicted molar refractivity (Wildman–Crippen MR) is 92.5 cm³/mol. The van der Waals surface area contributed by atoms with E-state index < -0.39 is 12.6 Å². The molecule has 5 heteroatoms. The summed E-state index contributed by atoms with van der Waals surface area (Å²) in [5, 5.41) is 10.3. The second kappa shape index (κ2) is 9.27. The van der Waals surface area contributed by atoms with Gasteiger partial charge in [0.2, 0.25) is 0 Å². The van der Waals surface area contributed by atoms with E-state index in [0.717, 1.165) is 17.7 Å². The predicted octanol–water partition coefficient (Wildman–Crippen LogP) is 2.50. The molecule has 0 atom stereocenters. The Hall–Kier alpha value is -3.08. The fraction of sp³-hybridized carbons (Fsp3) is 0.200. The molecule has 0 N–H and O–H groups in total. The van der Waals surface area contributed by atoms with Crippen LogP contribution in [0.3, 0.4) is 0 Å².